The summed E-state index contributed by atoms with van der Waals surface area (Å²) in [6, 6.07) is 13.0. The van der Waals surface area contributed by atoms with E-state index in [0.29, 0.717) is 48.0 Å². The van der Waals surface area contributed by atoms with Crippen LogP contribution in [0.4, 0.5) is 0 Å². The van der Waals surface area contributed by atoms with Crippen LogP contribution in [-0.2, 0) is 22.6 Å². The van der Waals surface area contributed by atoms with Crippen molar-refractivity contribution in [2.75, 3.05) is 20.2 Å². The summed E-state index contributed by atoms with van der Waals surface area (Å²) in [7, 11) is 1.57. The molecule has 3 aromatic heterocycles. The monoisotopic (exact) mass is 585 g/mol. The van der Waals surface area contributed by atoms with Gasteiger partial charge in [0.05, 0.1) is 19.1 Å². The highest BCUT2D eigenvalue weighted by Gasteiger charge is 2.39. The molecule has 0 aliphatic carbocycles. The highest BCUT2D eigenvalue weighted by atomic mass is 16.5. The smallest absolute Gasteiger partial charge is 0.250 e. The highest BCUT2D eigenvalue weighted by Crippen LogP contribution is 2.36. The lowest BCUT2D eigenvalue weighted by atomic mass is 9.82. The summed E-state index contributed by atoms with van der Waals surface area (Å²) in [5, 5.41) is 2.97. The Hall–Kier alpha value is -4.60. The predicted molar refractivity (Wildman–Crippen MR) is 160 cm³/mol. The molecule has 6 rings (SSSR count). The zero-order valence-electron chi connectivity index (χ0n) is 24.7. The number of methoxy groups -OCH3 is 1. The minimum absolute atomic E-state index is 0.00824. The van der Waals surface area contributed by atoms with Crippen molar-refractivity contribution < 1.29 is 23.2 Å². The van der Waals surface area contributed by atoms with Gasteiger partial charge in [-0.1, -0.05) is 19.9 Å². The minimum atomic E-state index is -0.749. The molecule has 10 heteroatoms. The molecule has 2 unspecified atom stereocenters. The number of likely N-dealkylation sites (tertiary alicyclic amines) is 1. The number of hydrogen-bond acceptors (Lipinski definition) is 7. The van der Waals surface area contributed by atoms with Crippen molar-refractivity contribution in [3.8, 4) is 17.1 Å². The Morgan fingerprint density at radius 3 is 2.51 bits per heavy atom. The molecule has 0 spiro atoms. The Bertz CT molecular complexity index is 1810. The van der Waals surface area contributed by atoms with Gasteiger partial charge in [0.2, 0.25) is 22.8 Å². The van der Waals surface area contributed by atoms with E-state index in [0.717, 1.165) is 12.1 Å². The van der Waals surface area contributed by atoms with Crippen LogP contribution in [0.2, 0.25) is 0 Å². The van der Waals surface area contributed by atoms with Crippen LogP contribution in [0.15, 0.2) is 67.0 Å². The molecule has 43 heavy (non-hydrogen) atoms. The zero-order chi connectivity index (χ0) is 30.4. The summed E-state index contributed by atoms with van der Waals surface area (Å²) in [6.45, 7) is 7.09. The van der Waals surface area contributed by atoms with E-state index in [1.807, 2.05) is 29.4 Å². The highest BCUT2D eigenvalue weighted by molar-refractivity contribution is 5.93. The molecule has 3 atom stereocenters. The van der Waals surface area contributed by atoms with Crippen LogP contribution in [0, 0.1) is 18.8 Å². The average Bonchev–Trinajstić information content (AvgIpc) is 3.34. The molecule has 2 aliphatic heterocycles. The Balaban J connectivity index is 1.26. The Labute approximate surface area is 248 Å². The van der Waals surface area contributed by atoms with Gasteiger partial charge in [-0.05, 0) is 55.5 Å². The van der Waals surface area contributed by atoms with E-state index in [9.17, 15) is 19.2 Å². The number of aryl methyl sites for hydroxylation is 1. The number of piperidine rings is 1. The fourth-order valence-electron chi connectivity index (χ4n) is 6.47. The second kappa shape index (κ2) is 11.2. The molecule has 5 heterocycles. The molecule has 1 aromatic carbocycles. The average molecular weight is 586 g/mol. The molecule has 0 saturated carbocycles. The van der Waals surface area contributed by atoms with E-state index in [1.165, 1.54) is 6.07 Å². The van der Waals surface area contributed by atoms with Crippen LogP contribution < -0.4 is 21.0 Å². The van der Waals surface area contributed by atoms with Crippen LogP contribution in [-0.4, -0.2) is 47.5 Å². The van der Waals surface area contributed by atoms with Crippen LogP contribution in [0.25, 0.3) is 22.5 Å². The van der Waals surface area contributed by atoms with E-state index in [2.05, 4.69) is 5.32 Å². The molecule has 10 nitrogen and oxygen atoms in total. The maximum atomic E-state index is 13.9. The summed E-state index contributed by atoms with van der Waals surface area (Å²) in [5.74, 6) is 0.955. The summed E-state index contributed by atoms with van der Waals surface area (Å²) >= 11 is 0. The van der Waals surface area contributed by atoms with Crippen molar-refractivity contribution in [2.45, 2.75) is 52.1 Å². The van der Waals surface area contributed by atoms with Crippen LogP contribution >= 0.6 is 0 Å². The number of carbonyl (C=O) groups excluding carboxylic acids is 2. The molecular weight excluding hydrogens is 550 g/mol. The normalized spacial score (nSPS) is 18.4. The summed E-state index contributed by atoms with van der Waals surface area (Å²) in [4.78, 5) is 54.5. The van der Waals surface area contributed by atoms with Crippen LogP contribution in [0.5, 0.6) is 5.75 Å². The number of benzene rings is 1. The maximum Gasteiger partial charge on any atom is 0.250 e. The SMILES string of the molecule is COc1ccc(-c2oc3c(=O)cc(C)oc3c2CC(=O)N[C@H](C(=O)N2CC3CC(C2)c2cccc(=O)n2C3)C(C)C)cc1. The van der Waals surface area contributed by atoms with Gasteiger partial charge in [-0.2, -0.15) is 0 Å². The molecule has 0 radical (unpaired) electrons. The standard InChI is InChI=1S/C33H35N3O7/c1-18(2)29(33(40)35-15-20-13-22(17-35)25-6-5-7-28(39)36(25)16-20)34-27(38)14-24-30(21-8-10-23(41-4)11-9-21)43-32-26(37)12-19(3)42-31(24)32/h5-12,18,20,22,29H,13-17H2,1-4H3,(H,34,38)/t20?,22?,29-/m0/s1. The number of ether oxygens (including phenoxy) is 1. The van der Waals surface area contributed by atoms with Crippen LogP contribution in [0.1, 0.15) is 43.2 Å². The third-order valence-corrected chi connectivity index (χ3v) is 8.51. The van der Waals surface area contributed by atoms with Gasteiger partial charge in [0.1, 0.15) is 23.3 Å². The largest absolute Gasteiger partial charge is 0.497 e. The van der Waals surface area contributed by atoms with Gasteiger partial charge < -0.3 is 28.4 Å². The predicted octanol–water partition coefficient (Wildman–Crippen LogP) is 3.86. The number of aromatic nitrogens is 1. The lowest BCUT2D eigenvalue weighted by Crippen LogP contribution is -2.56. The topological polar surface area (TPSA) is 124 Å². The van der Waals surface area contributed by atoms with Gasteiger partial charge in [-0.15, -0.1) is 0 Å². The van der Waals surface area contributed by atoms with E-state index in [1.54, 1.807) is 50.4 Å². The van der Waals surface area contributed by atoms with Crippen molar-refractivity contribution in [1.29, 1.82) is 0 Å². The Morgan fingerprint density at radius 1 is 1.02 bits per heavy atom. The Kier molecular flexibility index (Phi) is 7.45. The van der Waals surface area contributed by atoms with Gasteiger partial charge in [0.25, 0.3) is 5.56 Å². The van der Waals surface area contributed by atoms with E-state index >= 15 is 0 Å². The summed E-state index contributed by atoms with van der Waals surface area (Å²) in [5.41, 5.74) is 1.96. The third kappa shape index (κ3) is 5.37. The fourth-order valence-corrected chi connectivity index (χ4v) is 6.47. The van der Waals surface area contributed by atoms with Gasteiger partial charge in [0.15, 0.2) is 5.58 Å². The maximum absolute atomic E-state index is 13.9. The van der Waals surface area contributed by atoms with Gasteiger partial charge >= 0.3 is 0 Å². The first-order chi connectivity index (χ1) is 20.6. The van der Waals surface area contributed by atoms with Gasteiger partial charge in [-0.25, -0.2) is 0 Å². The zero-order valence-corrected chi connectivity index (χ0v) is 24.7. The number of carbonyl (C=O) groups is 2. The van der Waals surface area contributed by atoms with E-state index in [-0.39, 0.29) is 58.1 Å². The second-order valence-electron chi connectivity index (χ2n) is 11.9. The van der Waals surface area contributed by atoms with Crippen molar-refractivity contribution in [3.05, 3.63) is 86.1 Å². The van der Waals surface area contributed by atoms with Crippen molar-refractivity contribution >= 4 is 23.0 Å². The first-order valence-electron chi connectivity index (χ1n) is 14.6. The van der Waals surface area contributed by atoms with Crippen LogP contribution in [0.3, 0.4) is 0 Å². The number of hydrogen-bond donors (Lipinski definition) is 1. The number of pyridine rings is 1. The minimum Gasteiger partial charge on any atom is -0.497 e. The molecule has 1 N–H and O–H groups in total. The fraction of sp³-hybridized carbons (Fsp3) is 0.394. The molecular formula is C33H35N3O7. The third-order valence-electron chi connectivity index (χ3n) is 8.51. The number of rotatable bonds is 7. The Morgan fingerprint density at radius 2 is 1.79 bits per heavy atom. The molecule has 2 bridgehead atoms. The summed E-state index contributed by atoms with van der Waals surface area (Å²) < 4.78 is 19.0. The molecule has 1 saturated heterocycles. The molecule has 2 amide bonds. The van der Waals surface area contributed by atoms with Crippen molar-refractivity contribution in [1.82, 2.24) is 14.8 Å². The van der Waals surface area contributed by atoms with Gasteiger partial charge in [-0.3, -0.25) is 19.2 Å². The molecule has 2 aliphatic rings. The number of nitrogens with zero attached hydrogens (tertiary/aromatic N) is 2. The summed E-state index contributed by atoms with van der Waals surface area (Å²) in [6.07, 6.45) is 0.775. The molecule has 4 aromatic rings. The molecule has 224 valence electrons. The van der Waals surface area contributed by atoms with E-state index in [4.69, 9.17) is 13.6 Å². The first-order valence-corrected chi connectivity index (χ1v) is 14.6. The van der Waals surface area contributed by atoms with Crippen molar-refractivity contribution in [3.63, 3.8) is 0 Å². The molecule has 1 fully saturated rings. The number of amides is 2. The lowest BCUT2D eigenvalue weighted by molar-refractivity contribution is -0.140. The van der Waals surface area contributed by atoms with Crippen molar-refractivity contribution in [2.24, 2.45) is 11.8 Å². The first kappa shape index (κ1) is 28.5. The quantitative estimate of drug-likeness (QED) is 0.349. The number of furan rings is 1. The van der Waals surface area contributed by atoms with E-state index < -0.39 is 6.04 Å². The second-order valence-corrected chi connectivity index (χ2v) is 11.9. The lowest BCUT2D eigenvalue weighted by Gasteiger charge is -2.44. The number of fused-ring (bicyclic) bond motifs is 5. The number of nitrogens with one attached hydrogen (secondary N) is 1. The van der Waals surface area contributed by atoms with Gasteiger partial charge in [0, 0.05) is 48.9 Å².